The number of benzene rings is 3. The van der Waals surface area contributed by atoms with E-state index in [9.17, 15) is 34.0 Å². The Morgan fingerprint density at radius 3 is 2.20 bits per heavy atom. The third kappa shape index (κ3) is 14.3. The van der Waals surface area contributed by atoms with Crippen molar-refractivity contribution in [2.45, 2.75) is 116 Å². The van der Waals surface area contributed by atoms with Crippen LogP contribution in [0.1, 0.15) is 117 Å². The predicted octanol–water partition coefficient (Wildman–Crippen LogP) is 5.21. The molecule has 15 heteroatoms. The highest BCUT2D eigenvalue weighted by Gasteiger charge is 2.37. The number of amides is 3. The molecule has 0 aromatic heterocycles. The number of nitrogens with two attached hydrogens (primary N) is 3. The lowest BCUT2D eigenvalue weighted by molar-refractivity contribution is -0.144. The molecular weight excluding hydrogens is 839 g/mol. The summed E-state index contributed by atoms with van der Waals surface area (Å²) in [5.41, 5.74) is 22.3. The van der Waals surface area contributed by atoms with Crippen molar-refractivity contribution in [2.75, 3.05) is 39.9 Å². The molecular formula is C51H69N7O8. The monoisotopic (exact) mass is 908 g/mol. The average molecular weight is 908 g/mol. The fourth-order valence-corrected chi connectivity index (χ4v) is 8.38. The first-order valence-electron chi connectivity index (χ1n) is 23.3. The maximum absolute atomic E-state index is 14.8. The van der Waals surface area contributed by atoms with E-state index in [4.69, 9.17) is 26.7 Å². The van der Waals surface area contributed by atoms with E-state index < -0.39 is 47.6 Å². The SMILES string of the molecule is CCCCc1ccc(C(=O)N[C@H](CCC)C(=O)C[C@@H](CCN)C(=O)N(C)[C@@H]2C(=O)C[C@@H](C)C(=O)N[C@H](C(=O)CCC#N)Cc3ccc(OCCN)c(c3)-c3cc2ccc3OCCN)c(C)c1. The molecule has 5 atom stereocenters. The van der Waals surface area contributed by atoms with Crippen molar-refractivity contribution in [3.63, 3.8) is 0 Å². The molecule has 0 aliphatic carbocycles. The number of Topliss-reactive ketones (excluding diaryl/α,β-unsaturated/α-hetero) is 3. The number of fused-ring (bicyclic) bond motifs is 5. The van der Waals surface area contributed by atoms with Gasteiger partial charge in [-0.05, 0) is 98.2 Å². The molecule has 66 heavy (non-hydrogen) atoms. The lowest BCUT2D eigenvalue weighted by atomic mass is 9.88. The Balaban J connectivity index is 1.78. The smallest absolute Gasteiger partial charge is 0.252 e. The summed E-state index contributed by atoms with van der Waals surface area (Å²) in [7, 11) is 1.49. The molecule has 0 saturated carbocycles. The molecule has 1 heterocycles. The van der Waals surface area contributed by atoms with Crippen molar-refractivity contribution >= 4 is 35.1 Å². The number of aryl methyl sites for hydroxylation is 2. The Labute approximate surface area is 389 Å². The second-order valence-corrected chi connectivity index (χ2v) is 17.2. The van der Waals surface area contributed by atoms with E-state index in [1.54, 1.807) is 43.3 Å². The van der Waals surface area contributed by atoms with Crippen molar-refractivity contribution in [3.8, 4) is 28.7 Å². The zero-order chi connectivity index (χ0) is 48.3. The van der Waals surface area contributed by atoms with Crippen LogP contribution in [0.15, 0.2) is 54.6 Å². The van der Waals surface area contributed by atoms with Crippen molar-refractivity contribution in [3.05, 3.63) is 82.4 Å². The highest BCUT2D eigenvalue weighted by Crippen LogP contribution is 2.41. The van der Waals surface area contributed by atoms with Gasteiger partial charge in [0.15, 0.2) is 17.3 Å². The van der Waals surface area contributed by atoms with Crippen molar-refractivity contribution in [1.82, 2.24) is 15.5 Å². The Hall–Kier alpha value is -5.95. The molecule has 8 N–H and O–H groups in total. The van der Waals surface area contributed by atoms with E-state index in [0.717, 1.165) is 30.4 Å². The Kier molecular flexibility index (Phi) is 21.0. The van der Waals surface area contributed by atoms with E-state index in [1.165, 1.54) is 11.9 Å². The van der Waals surface area contributed by atoms with Crippen LogP contribution in [0.4, 0.5) is 0 Å². The summed E-state index contributed by atoms with van der Waals surface area (Å²) < 4.78 is 12.2. The predicted molar refractivity (Wildman–Crippen MR) is 254 cm³/mol. The molecule has 0 fully saturated rings. The largest absolute Gasteiger partial charge is 0.492 e. The van der Waals surface area contributed by atoms with E-state index >= 15 is 0 Å². The second kappa shape index (κ2) is 26.3. The molecule has 3 aromatic carbocycles. The van der Waals surface area contributed by atoms with Gasteiger partial charge >= 0.3 is 0 Å². The topological polar surface area (TPSA) is 250 Å². The van der Waals surface area contributed by atoms with Crippen LogP contribution in [-0.4, -0.2) is 92.0 Å². The number of hydrogen-bond donors (Lipinski definition) is 5. The minimum Gasteiger partial charge on any atom is -0.492 e. The van der Waals surface area contributed by atoms with E-state index in [-0.39, 0.29) is 88.8 Å². The number of unbranched alkanes of at least 4 members (excludes halogenated alkanes) is 1. The van der Waals surface area contributed by atoms with E-state index in [2.05, 4.69) is 17.6 Å². The number of carbonyl (C=O) groups excluding carboxylic acids is 6. The van der Waals surface area contributed by atoms with Crippen LogP contribution in [-0.2, 0) is 36.8 Å². The normalized spacial score (nSPS) is 17.0. The Bertz CT molecular complexity index is 2220. The number of carbonyl (C=O) groups is 6. The number of nitriles is 1. The summed E-state index contributed by atoms with van der Waals surface area (Å²) in [6.45, 7) is 8.29. The summed E-state index contributed by atoms with van der Waals surface area (Å²) in [5.74, 6) is -3.64. The van der Waals surface area contributed by atoms with Crippen LogP contribution in [0, 0.1) is 30.1 Å². The molecule has 4 rings (SSSR count). The molecule has 4 bridgehead atoms. The second-order valence-electron chi connectivity index (χ2n) is 17.2. The quantitative estimate of drug-likeness (QED) is 0.0823. The van der Waals surface area contributed by atoms with Gasteiger partial charge in [-0.25, -0.2) is 0 Å². The van der Waals surface area contributed by atoms with Gasteiger partial charge in [0.2, 0.25) is 11.8 Å². The van der Waals surface area contributed by atoms with Crippen molar-refractivity contribution < 1.29 is 38.2 Å². The lowest BCUT2D eigenvalue weighted by Gasteiger charge is -2.32. The molecule has 3 amide bonds. The first kappa shape index (κ1) is 52.7. The molecule has 0 spiro atoms. The molecule has 15 nitrogen and oxygen atoms in total. The molecule has 0 radical (unpaired) electrons. The van der Waals surface area contributed by atoms with Crippen LogP contribution in [0.2, 0.25) is 0 Å². The van der Waals surface area contributed by atoms with Gasteiger partial charge < -0.3 is 42.2 Å². The van der Waals surface area contributed by atoms with Crippen LogP contribution in [0.25, 0.3) is 11.1 Å². The van der Waals surface area contributed by atoms with Gasteiger partial charge in [0.05, 0.1) is 18.2 Å². The number of nitrogens with zero attached hydrogens (tertiary/aromatic N) is 2. The van der Waals surface area contributed by atoms with Crippen LogP contribution < -0.4 is 37.3 Å². The number of ether oxygens (including phenoxy) is 2. The summed E-state index contributed by atoms with van der Waals surface area (Å²) in [6, 6.07) is 15.0. The average Bonchev–Trinajstić information content (AvgIpc) is 3.30. The van der Waals surface area contributed by atoms with Gasteiger partial charge in [-0.3, -0.25) is 28.8 Å². The van der Waals surface area contributed by atoms with Gasteiger partial charge in [-0.15, -0.1) is 0 Å². The van der Waals surface area contributed by atoms with Crippen LogP contribution in [0.3, 0.4) is 0 Å². The number of likely N-dealkylation sites (N-methyl/N-ethyl adjacent to an activating group) is 1. The minimum atomic E-state index is -1.26. The van der Waals surface area contributed by atoms with Crippen molar-refractivity contribution in [2.24, 2.45) is 29.0 Å². The van der Waals surface area contributed by atoms with E-state index in [0.29, 0.717) is 52.2 Å². The summed E-state index contributed by atoms with van der Waals surface area (Å²) >= 11 is 0. The summed E-state index contributed by atoms with van der Waals surface area (Å²) in [5, 5.41) is 15.0. The minimum absolute atomic E-state index is 0.0367. The van der Waals surface area contributed by atoms with Crippen LogP contribution >= 0.6 is 0 Å². The molecule has 3 aromatic rings. The highest BCUT2D eigenvalue weighted by atomic mass is 16.5. The Morgan fingerprint density at radius 2 is 1.58 bits per heavy atom. The maximum atomic E-state index is 14.8. The highest BCUT2D eigenvalue weighted by molar-refractivity contribution is 6.00. The standard InChI is InChI=1S/C51H69N7O8/c1-6-8-11-34-13-16-38(32(3)26-34)50(63)56-41(10-7-2)44(60)31-37(19-21-53)51(64)58(5)48-36-15-18-47(66-25-23-55)40(30-36)39-28-35(14-17-46(39)65-24-22-54)29-42(43(59)12-9-20-52)57-49(62)33(4)27-45(48)61/h13-18,26,28,30,33,37,41-42,48H,6-12,19,21-25,27,29,31,53-55H2,1-5H3,(H,56,63)(H,57,62)/t33-,37-,41-,42+,48+/m1/s1. The molecule has 0 saturated heterocycles. The van der Waals surface area contributed by atoms with Gasteiger partial charge in [-0.2, -0.15) is 5.26 Å². The lowest BCUT2D eigenvalue weighted by Crippen LogP contribution is -2.46. The zero-order valence-corrected chi connectivity index (χ0v) is 39.3. The van der Waals surface area contributed by atoms with Gasteiger partial charge in [0.1, 0.15) is 30.8 Å². The van der Waals surface area contributed by atoms with Gasteiger partial charge in [0, 0.05) is 74.3 Å². The first-order chi connectivity index (χ1) is 31.7. The first-order valence-corrected chi connectivity index (χ1v) is 23.3. The fraction of sp³-hybridized carbons (Fsp3) is 0.510. The van der Waals surface area contributed by atoms with Gasteiger partial charge in [0.25, 0.3) is 5.91 Å². The molecule has 1 aliphatic rings. The van der Waals surface area contributed by atoms with Gasteiger partial charge in [-0.1, -0.05) is 57.9 Å². The fourth-order valence-electron chi connectivity index (χ4n) is 8.38. The number of ketones is 3. The zero-order valence-electron chi connectivity index (χ0n) is 39.3. The summed E-state index contributed by atoms with van der Waals surface area (Å²) in [4.78, 5) is 86.0. The van der Waals surface area contributed by atoms with Crippen LogP contribution in [0.5, 0.6) is 11.5 Å². The number of nitrogens with one attached hydrogen (secondary N) is 2. The molecule has 0 unspecified atom stereocenters. The number of hydrogen-bond acceptors (Lipinski definition) is 12. The molecule has 1 aliphatic heterocycles. The maximum Gasteiger partial charge on any atom is 0.252 e. The van der Waals surface area contributed by atoms with E-state index in [1.807, 2.05) is 38.1 Å². The molecule has 356 valence electrons. The number of rotatable bonds is 23. The van der Waals surface area contributed by atoms with Crippen molar-refractivity contribution in [1.29, 1.82) is 5.26 Å². The summed E-state index contributed by atoms with van der Waals surface area (Å²) in [6.07, 6.45) is 3.47. The third-order valence-electron chi connectivity index (χ3n) is 12.0. The third-order valence-corrected chi connectivity index (χ3v) is 12.0. The Morgan fingerprint density at radius 1 is 0.894 bits per heavy atom.